The van der Waals surface area contributed by atoms with E-state index in [0.717, 1.165) is 21.7 Å². The van der Waals surface area contributed by atoms with Crippen molar-refractivity contribution >= 4 is 31.6 Å². The molecule has 3 atom stereocenters. The first-order valence-corrected chi connectivity index (χ1v) is 16.0. The summed E-state index contributed by atoms with van der Waals surface area (Å²) in [6, 6.07) is 14.3. The van der Waals surface area contributed by atoms with Crippen molar-refractivity contribution in [3.8, 4) is 11.1 Å². The highest BCUT2D eigenvalue weighted by atomic mass is 32.2. The second kappa shape index (κ2) is 10.6. The Morgan fingerprint density at radius 1 is 1.02 bits per heavy atom. The maximum absolute atomic E-state index is 14.1. The Balaban J connectivity index is 1.48. The average Bonchev–Trinajstić information content (AvgIpc) is 3.53. The zero-order valence-corrected chi connectivity index (χ0v) is 23.5. The molecule has 3 unspecified atom stereocenters. The van der Waals surface area contributed by atoms with Gasteiger partial charge in [0.25, 0.3) is 10.0 Å². The van der Waals surface area contributed by atoms with Crippen molar-refractivity contribution in [3.05, 3.63) is 90.5 Å². The van der Waals surface area contributed by atoms with Gasteiger partial charge in [-0.3, -0.25) is 18.9 Å². The van der Waals surface area contributed by atoms with Gasteiger partial charge in [0.2, 0.25) is 5.91 Å². The molecule has 0 spiro atoms. The fourth-order valence-electron chi connectivity index (χ4n) is 5.07. The lowest BCUT2D eigenvalue weighted by molar-refractivity contribution is -0.137. The molecule has 2 aliphatic heterocycles. The Bertz CT molecular complexity index is 1690. The minimum Gasteiger partial charge on any atom is -0.323 e. The number of hydrogen-bond donors (Lipinski definition) is 0. The minimum atomic E-state index is -4.11. The molecule has 0 radical (unpaired) electrons. The van der Waals surface area contributed by atoms with Crippen LogP contribution < -0.4 is 0 Å². The Kier molecular flexibility index (Phi) is 7.32. The van der Waals surface area contributed by atoms with Crippen LogP contribution in [0.5, 0.6) is 0 Å². The third kappa shape index (κ3) is 5.16. The van der Waals surface area contributed by atoms with Crippen molar-refractivity contribution in [2.75, 3.05) is 19.3 Å². The van der Waals surface area contributed by atoms with Crippen LogP contribution in [0.1, 0.15) is 24.8 Å². The van der Waals surface area contributed by atoms with Gasteiger partial charge in [-0.1, -0.05) is 36.4 Å². The molecule has 1 saturated heterocycles. The number of fused-ring (bicyclic) bond motifs is 1. The normalized spacial score (nSPS) is 18.8. The molecule has 10 nitrogen and oxygen atoms in total. The summed E-state index contributed by atoms with van der Waals surface area (Å²) in [7, 11) is -7.58. The molecule has 1 amide bonds. The summed E-state index contributed by atoms with van der Waals surface area (Å²) >= 11 is 0. The quantitative estimate of drug-likeness (QED) is 0.397. The van der Waals surface area contributed by atoms with E-state index in [1.165, 1.54) is 17.2 Å². The zero-order chi connectivity index (χ0) is 28.7. The van der Waals surface area contributed by atoms with Crippen molar-refractivity contribution in [2.45, 2.75) is 35.6 Å². The van der Waals surface area contributed by atoms with E-state index in [-0.39, 0.29) is 23.7 Å². The third-order valence-electron chi connectivity index (χ3n) is 7.34. The van der Waals surface area contributed by atoms with Gasteiger partial charge in [0.05, 0.1) is 23.4 Å². The van der Waals surface area contributed by atoms with Crippen LogP contribution in [-0.4, -0.2) is 78.3 Å². The molecule has 1 aromatic carbocycles. The van der Waals surface area contributed by atoms with E-state index in [4.69, 9.17) is 0 Å². The smallest absolute Gasteiger partial charge is 0.282 e. The predicted octanol–water partition coefficient (Wildman–Crippen LogP) is 2.42. The summed E-state index contributed by atoms with van der Waals surface area (Å²) in [4.78, 5) is 36.7. The number of carbonyl (C=O) groups excluding carboxylic acids is 2. The van der Waals surface area contributed by atoms with Gasteiger partial charge in [-0.25, -0.2) is 13.4 Å². The average molecular weight is 581 g/mol. The van der Waals surface area contributed by atoms with Crippen molar-refractivity contribution in [3.63, 3.8) is 0 Å². The van der Waals surface area contributed by atoms with Gasteiger partial charge in [-0.15, -0.1) is 0 Å². The van der Waals surface area contributed by atoms with Crippen LogP contribution in [0.15, 0.2) is 90.0 Å². The number of ketones is 1. The second-order valence-corrected chi connectivity index (χ2v) is 14.2. The lowest BCUT2D eigenvalue weighted by Crippen LogP contribution is -2.44. The monoisotopic (exact) mass is 580 g/mol. The van der Waals surface area contributed by atoms with Crippen molar-refractivity contribution in [2.24, 2.45) is 0 Å². The molecule has 3 aromatic rings. The number of carbonyl (C=O) groups is 2. The first kappa shape index (κ1) is 27.7. The van der Waals surface area contributed by atoms with Crippen LogP contribution >= 0.6 is 0 Å². The number of hydrogen-bond acceptors (Lipinski definition) is 8. The first-order valence-electron chi connectivity index (χ1n) is 12.6. The number of rotatable bonds is 8. The van der Waals surface area contributed by atoms with Gasteiger partial charge in [-0.05, 0) is 54.3 Å². The predicted molar refractivity (Wildman–Crippen MR) is 148 cm³/mol. The van der Waals surface area contributed by atoms with Crippen LogP contribution in [-0.2, 0) is 29.4 Å². The summed E-state index contributed by atoms with van der Waals surface area (Å²) in [5.41, 5.74) is 2.44. The molecule has 2 aromatic heterocycles. The maximum atomic E-state index is 14.1. The summed E-state index contributed by atoms with van der Waals surface area (Å²) in [5, 5.41) is -1.03. The molecule has 0 aliphatic carbocycles. The Hall–Kier alpha value is -3.90. The molecule has 4 heterocycles. The SMILES string of the molecule is CC(CC(C(=O)N1CC=C2C1C(=O)CN2S(=O)(=O)c1ccccn1)c1cccc(-c2cccnc2)c1)S(C)(=O)=O. The summed E-state index contributed by atoms with van der Waals surface area (Å²) in [6.07, 6.45) is 7.39. The van der Waals surface area contributed by atoms with E-state index in [0.29, 0.717) is 5.56 Å². The van der Waals surface area contributed by atoms with Crippen molar-refractivity contribution in [1.82, 2.24) is 19.2 Å². The number of aromatic nitrogens is 2. The number of amides is 1. The summed E-state index contributed by atoms with van der Waals surface area (Å²) in [6.45, 7) is 1.15. The largest absolute Gasteiger partial charge is 0.323 e. The van der Waals surface area contributed by atoms with Gasteiger partial charge in [0.1, 0.15) is 15.9 Å². The minimum absolute atomic E-state index is 0.00312. The Morgan fingerprint density at radius 2 is 1.80 bits per heavy atom. The van der Waals surface area contributed by atoms with Crippen LogP contribution in [0, 0.1) is 0 Å². The highest BCUT2D eigenvalue weighted by Crippen LogP contribution is 2.37. The molecular formula is C28H28N4O6S2. The molecule has 0 bridgehead atoms. The Morgan fingerprint density at radius 3 is 2.48 bits per heavy atom. The second-order valence-electron chi connectivity index (χ2n) is 9.96. The summed E-state index contributed by atoms with van der Waals surface area (Å²) < 4.78 is 52.3. The molecule has 0 N–H and O–H groups in total. The fraction of sp³-hybridized carbons (Fsp3) is 0.286. The summed E-state index contributed by atoms with van der Waals surface area (Å²) in [5.74, 6) is -1.76. The van der Waals surface area contributed by atoms with Crippen LogP contribution in [0.3, 0.4) is 0 Å². The van der Waals surface area contributed by atoms with Crippen molar-refractivity contribution in [1.29, 1.82) is 0 Å². The molecule has 5 rings (SSSR count). The number of sulfone groups is 1. The molecule has 1 fully saturated rings. The topological polar surface area (TPSA) is 135 Å². The van der Waals surface area contributed by atoms with E-state index < -0.39 is 55.3 Å². The number of benzene rings is 1. The Labute approximate surface area is 233 Å². The van der Waals surface area contributed by atoms with E-state index in [9.17, 15) is 26.4 Å². The fourth-order valence-corrected chi connectivity index (χ4v) is 7.03. The van der Waals surface area contributed by atoms with E-state index in [1.807, 2.05) is 18.2 Å². The lowest BCUT2D eigenvalue weighted by Gasteiger charge is -2.29. The standard InChI is InChI=1S/C28H28N4O6S2/c1-19(39(2,35)36)15-23(21-8-5-7-20(16-21)22-9-6-12-29-17-22)28(34)31-14-11-24-27(31)25(33)18-32(24)40(37,38)26-10-3-4-13-30-26/h3-13,16-17,19,23,27H,14-15,18H2,1-2H3. The molecular weight excluding hydrogens is 552 g/mol. The number of Topliss-reactive ketones (excluding diaryl/α,β-unsaturated/α-hetero) is 1. The van der Waals surface area contributed by atoms with Gasteiger partial charge < -0.3 is 4.90 Å². The van der Waals surface area contributed by atoms with Gasteiger partial charge in [0.15, 0.2) is 10.8 Å². The molecule has 208 valence electrons. The highest BCUT2D eigenvalue weighted by Gasteiger charge is 2.50. The van der Waals surface area contributed by atoms with Crippen LogP contribution in [0.2, 0.25) is 0 Å². The molecule has 12 heteroatoms. The van der Waals surface area contributed by atoms with Crippen LogP contribution in [0.25, 0.3) is 11.1 Å². The highest BCUT2D eigenvalue weighted by molar-refractivity contribution is 7.91. The van der Waals surface area contributed by atoms with Crippen molar-refractivity contribution < 1.29 is 26.4 Å². The number of sulfonamides is 1. The number of pyridine rings is 2. The molecule has 2 aliphatic rings. The van der Waals surface area contributed by atoms with Crippen LogP contribution in [0.4, 0.5) is 0 Å². The first-order chi connectivity index (χ1) is 19.0. The van der Waals surface area contributed by atoms with E-state index in [2.05, 4.69) is 9.97 Å². The number of nitrogens with zero attached hydrogens (tertiary/aromatic N) is 4. The van der Waals surface area contributed by atoms with E-state index in [1.54, 1.807) is 55.7 Å². The van der Waals surface area contributed by atoms with Gasteiger partial charge >= 0.3 is 0 Å². The van der Waals surface area contributed by atoms with Gasteiger partial charge in [-0.2, -0.15) is 8.42 Å². The zero-order valence-electron chi connectivity index (χ0n) is 21.9. The molecule has 0 saturated carbocycles. The lowest BCUT2D eigenvalue weighted by atomic mass is 9.90. The van der Waals surface area contributed by atoms with Gasteiger partial charge in [0, 0.05) is 31.4 Å². The maximum Gasteiger partial charge on any atom is 0.282 e. The third-order valence-corrected chi connectivity index (χ3v) is 10.7. The van der Waals surface area contributed by atoms with E-state index >= 15 is 0 Å². The molecule has 40 heavy (non-hydrogen) atoms.